The van der Waals surface area contributed by atoms with E-state index in [9.17, 15) is 4.79 Å². The number of hydrogen-bond acceptors (Lipinski definition) is 3. The van der Waals surface area contributed by atoms with E-state index >= 15 is 0 Å². The van der Waals surface area contributed by atoms with Crippen molar-refractivity contribution in [1.29, 1.82) is 0 Å². The zero-order valence-electron chi connectivity index (χ0n) is 12.3. The molecule has 21 heavy (non-hydrogen) atoms. The van der Waals surface area contributed by atoms with E-state index in [0.29, 0.717) is 23.8 Å². The van der Waals surface area contributed by atoms with Crippen LogP contribution in [-0.4, -0.2) is 42.2 Å². The lowest BCUT2D eigenvalue weighted by molar-refractivity contribution is 0.0650. The number of rotatable bonds is 6. The van der Waals surface area contributed by atoms with E-state index in [2.05, 4.69) is 6.58 Å². The van der Waals surface area contributed by atoms with Crippen LogP contribution in [0, 0.1) is 5.92 Å². The molecule has 1 N–H and O–H groups in total. The molecule has 1 unspecified atom stereocenters. The Balaban J connectivity index is 2.10. The normalized spacial score (nSPS) is 18.3. The minimum atomic E-state index is 0.0114. The number of benzene rings is 1. The summed E-state index contributed by atoms with van der Waals surface area (Å²) in [5, 5.41) is 9.07. The predicted octanol–water partition coefficient (Wildman–Crippen LogP) is 2.49. The third kappa shape index (κ3) is 4.08. The van der Waals surface area contributed by atoms with Crippen molar-refractivity contribution in [3.63, 3.8) is 0 Å². The highest BCUT2D eigenvalue weighted by Gasteiger charge is 2.25. The number of hydrogen-bond donors (Lipinski definition) is 1. The summed E-state index contributed by atoms with van der Waals surface area (Å²) in [6.07, 6.45) is 4.50. The summed E-state index contributed by atoms with van der Waals surface area (Å²) in [5.41, 5.74) is 0.601. The number of ether oxygens (including phenoxy) is 1. The highest BCUT2D eigenvalue weighted by molar-refractivity contribution is 5.97. The minimum Gasteiger partial charge on any atom is -0.489 e. The average molecular weight is 289 g/mol. The Hall–Kier alpha value is -1.81. The van der Waals surface area contributed by atoms with Gasteiger partial charge in [0.15, 0.2) is 0 Å². The first-order valence-corrected chi connectivity index (χ1v) is 7.49. The number of nitrogens with zero attached hydrogens (tertiary/aromatic N) is 1. The molecule has 0 aliphatic carbocycles. The van der Waals surface area contributed by atoms with Gasteiger partial charge in [0, 0.05) is 19.7 Å². The van der Waals surface area contributed by atoms with Gasteiger partial charge < -0.3 is 14.7 Å². The van der Waals surface area contributed by atoms with E-state index in [4.69, 9.17) is 9.84 Å². The van der Waals surface area contributed by atoms with Gasteiger partial charge in [-0.15, -0.1) is 0 Å². The summed E-state index contributed by atoms with van der Waals surface area (Å²) >= 11 is 0. The van der Waals surface area contributed by atoms with Gasteiger partial charge in [-0.1, -0.05) is 24.8 Å². The molecule has 1 amide bonds. The molecule has 1 aliphatic rings. The molecule has 1 aliphatic heterocycles. The van der Waals surface area contributed by atoms with Crippen molar-refractivity contribution in [1.82, 2.24) is 4.90 Å². The van der Waals surface area contributed by atoms with Gasteiger partial charge in [-0.25, -0.2) is 0 Å². The molecule has 4 nitrogen and oxygen atoms in total. The number of carbonyl (C=O) groups is 1. The molecule has 0 bridgehead atoms. The van der Waals surface area contributed by atoms with Crippen LogP contribution in [0.4, 0.5) is 0 Å². The van der Waals surface area contributed by atoms with E-state index < -0.39 is 0 Å². The maximum absolute atomic E-state index is 12.7. The van der Waals surface area contributed by atoms with Crippen LogP contribution in [0.5, 0.6) is 5.75 Å². The fourth-order valence-corrected chi connectivity index (χ4v) is 2.76. The van der Waals surface area contributed by atoms with Crippen molar-refractivity contribution in [2.45, 2.75) is 19.3 Å². The molecular formula is C17H23NO3. The van der Waals surface area contributed by atoms with Crippen LogP contribution in [0.3, 0.4) is 0 Å². The first-order valence-electron chi connectivity index (χ1n) is 7.49. The third-order valence-corrected chi connectivity index (χ3v) is 3.82. The summed E-state index contributed by atoms with van der Waals surface area (Å²) in [5.74, 6) is 1.01. The Labute approximate surface area is 126 Å². The van der Waals surface area contributed by atoms with Crippen LogP contribution in [0.1, 0.15) is 29.6 Å². The van der Waals surface area contributed by atoms with Gasteiger partial charge in [0.05, 0.1) is 5.56 Å². The number of amides is 1. The molecule has 0 spiro atoms. The Kier molecular flexibility index (Phi) is 5.81. The number of para-hydroxylation sites is 1. The van der Waals surface area contributed by atoms with Crippen LogP contribution in [0.15, 0.2) is 36.9 Å². The number of likely N-dealkylation sites (tertiary alicyclic amines) is 1. The second-order valence-electron chi connectivity index (χ2n) is 5.37. The van der Waals surface area contributed by atoms with E-state index in [1.165, 1.54) is 0 Å². The van der Waals surface area contributed by atoms with Crippen molar-refractivity contribution < 1.29 is 14.6 Å². The molecule has 2 rings (SSSR count). The molecule has 114 valence electrons. The first-order chi connectivity index (χ1) is 10.3. The van der Waals surface area contributed by atoms with Gasteiger partial charge in [0.2, 0.25) is 0 Å². The molecule has 1 aromatic carbocycles. The Morgan fingerprint density at radius 2 is 2.29 bits per heavy atom. The monoisotopic (exact) mass is 289 g/mol. The molecule has 1 saturated heterocycles. The number of carbonyl (C=O) groups excluding carboxylic acids is 1. The Morgan fingerprint density at radius 1 is 1.48 bits per heavy atom. The first kappa shape index (κ1) is 15.6. The summed E-state index contributed by atoms with van der Waals surface area (Å²) in [6, 6.07) is 7.32. The topological polar surface area (TPSA) is 49.8 Å². The molecule has 0 radical (unpaired) electrons. The Bertz CT molecular complexity index is 485. The lowest BCUT2D eigenvalue weighted by Crippen LogP contribution is -2.40. The second kappa shape index (κ2) is 7.84. The van der Waals surface area contributed by atoms with Crippen LogP contribution in [0.2, 0.25) is 0 Å². The number of aliphatic hydroxyl groups excluding tert-OH is 1. The zero-order chi connectivity index (χ0) is 15.1. The van der Waals surface area contributed by atoms with Crippen molar-refractivity contribution in [3.05, 3.63) is 42.5 Å². The summed E-state index contributed by atoms with van der Waals surface area (Å²) < 4.78 is 5.57. The van der Waals surface area contributed by atoms with Gasteiger partial charge >= 0.3 is 0 Å². The van der Waals surface area contributed by atoms with Crippen LogP contribution in [-0.2, 0) is 0 Å². The highest BCUT2D eigenvalue weighted by Crippen LogP contribution is 2.24. The lowest BCUT2D eigenvalue weighted by Gasteiger charge is -2.33. The fourth-order valence-electron chi connectivity index (χ4n) is 2.76. The smallest absolute Gasteiger partial charge is 0.257 e. The number of piperidine rings is 1. The Morgan fingerprint density at radius 3 is 3.05 bits per heavy atom. The summed E-state index contributed by atoms with van der Waals surface area (Å²) in [7, 11) is 0. The van der Waals surface area contributed by atoms with Crippen LogP contribution >= 0.6 is 0 Å². The molecule has 4 heteroatoms. The van der Waals surface area contributed by atoms with Gasteiger partial charge in [-0.05, 0) is 37.3 Å². The van der Waals surface area contributed by atoms with E-state index in [-0.39, 0.29) is 12.5 Å². The predicted molar refractivity (Wildman–Crippen MR) is 82.5 cm³/mol. The second-order valence-corrected chi connectivity index (χ2v) is 5.37. The molecule has 1 atom stereocenters. The van der Waals surface area contributed by atoms with E-state index in [1.807, 2.05) is 23.1 Å². The SMILES string of the molecule is C=CCOc1ccccc1C(=O)N1CCCC(CCO)C1. The van der Waals surface area contributed by atoms with Crippen molar-refractivity contribution in [2.24, 2.45) is 5.92 Å². The van der Waals surface area contributed by atoms with Crippen molar-refractivity contribution in [3.8, 4) is 5.75 Å². The third-order valence-electron chi connectivity index (χ3n) is 3.82. The molecule has 0 aromatic heterocycles. The molecule has 0 saturated carbocycles. The maximum atomic E-state index is 12.7. The average Bonchev–Trinajstić information content (AvgIpc) is 2.53. The van der Waals surface area contributed by atoms with Crippen LogP contribution in [0.25, 0.3) is 0 Å². The lowest BCUT2D eigenvalue weighted by atomic mass is 9.94. The molecule has 1 heterocycles. The van der Waals surface area contributed by atoms with Crippen molar-refractivity contribution >= 4 is 5.91 Å². The van der Waals surface area contributed by atoms with Gasteiger partial charge in [-0.3, -0.25) is 4.79 Å². The molecular weight excluding hydrogens is 266 g/mol. The van der Waals surface area contributed by atoms with E-state index in [0.717, 1.165) is 32.4 Å². The number of aliphatic hydroxyl groups is 1. The standard InChI is InChI=1S/C17H23NO3/c1-2-12-21-16-8-4-3-7-15(16)17(20)18-10-5-6-14(13-18)9-11-19/h2-4,7-8,14,19H,1,5-6,9-13H2. The minimum absolute atomic E-state index is 0.0114. The van der Waals surface area contributed by atoms with E-state index in [1.54, 1.807) is 12.1 Å². The zero-order valence-corrected chi connectivity index (χ0v) is 12.3. The largest absolute Gasteiger partial charge is 0.489 e. The quantitative estimate of drug-likeness (QED) is 0.819. The maximum Gasteiger partial charge on any atom is 0.257 e. The summed E-state index contributed by atoms with van der Waals surface area (Å²) in [6.45, 7) is 5.69. The molecule has 1 fully saturated rings. The highest BCUT2D eigenvalue weighted by atomic mass is 16.5. The van der Waals surface area contributed by atoms with Gasteiger partial charge in [-0.2, -0.15) is 0 Å². The summed E-state index contributed by atoms with van der Waals surface area (Å²) in [4.78, 5) is 14.6. The van der Waals surface area contributed by atoms with Gasteiger partial charge in [0.1, 0.15) is 12.4 Å². The van der Waals surface area contributed by atoms with Crippen molar-refractivity contribution in [2.75, 3.05) is 26.3 Å². The fraction of sp³-hybridized carbons (Fsp3) is 0.471. The van der Waals surface area contributed by atoms with Gasteiger partial charge in [0.25, 0.3) is 5.91 Å². The molecule has 1 aromatic rings. The van der Waals surface area contributed by atoms with Crippen LogP contribution < -0.4 is 4.74 Å².